The van der Waals surface area contributed by atoms with Crippen LogP contribution in [0.5, 0.6) is 0 Å². The van der Waals surface area contributed by atoms with Crippen LogP contribution in [0.25, 0.3) is 0 Å². The van der Waals surface area contributed by atoms with Crippen molar-refractivity contribution in [2.75, 3.05) is 5.75 Å². The first-order chi connectivity index (χ1) is 9.16. The van der Waals surface area contributed by atoms with Crippen molar-refractivity contribution in [1.82, 2.24) is 0 Å². The summed E-state index contributed by atoms with van der Waals surface area (Å²) in [6, 6.07) is 0. The molecule has 0 aliphatic carbocycles. The lowest BCUT2D eigenvalue weighted by atomic mass is 10.1. The van der Waals surface area contributed by atoms with Gasteiger partial charge in [-0.15, -0.1) is 0 Å². The van der Waals surface area contributed by atoms with Crippen LogP contribution in [-0.4, -0.2) is 43.7 Å². The van der Waals surface area contributed by atoms with E-state index in [0.717, 1.165) is 0 Å². The Hall–Kier alpha value is -0.720. The maximum Gasteiger partial charge on any atom is 0.372 e. The van der Waals surface area contributed by atoms with E-state index in [0.29, 0.717) is 0 Å². The van der Waals surface area contributed by atoms with E-state index in [-0.39, 0.29) is 13.8 Å². The summed E-state index contributed by atoms with van der Waals surface area (Å²) in [5.41, 5.74) is 0. The molecule has 1 unspecified atom stereocenters. The summed E-state index contributed by atoms with van der Waals surface area (Å²) in [5, 5.41) is 0. The summed E-state index contributed by atoms with van der Waals surface area (Å²) >= 11 is 0. The Balaban J connectivity index is 5.48. The molecule has 22 heavy (non-hydrogen) atoms. The predicted molar refractivity (Wildman–Crippen MR) is 55.5 cm³/mol. The van der Waals surface area contributed by atoms with Crippen LogP contribution >= 0.6 is 0 Å². The van der Waals surface area contributed by atoms with Crippen LogP contribution in [0, 0.1) is 0 Å². The van der Waals surface area contributed by atoms with Crippen LogP contribution in [-0.2, 0) is 14.3 Å². The number of hydrogen-bond donors (Lipinski definition) is 0. The summed E-state index contributed by atoms with van der Waals surface area (Å²) in [6.45, 7) is -0.932. The molecule has 0 saturated carbocycles. The van der Waals surface area contributed by atoms with Crippen molar-refractivity contribution >= 4 is 10.1 Å². The third kappa shape index (κ3) is 4.40. The molecular weight excluding hydrogens is 359 g/mol. The van der Waals surface area contributed by atoms with Gasteiger partial charge in [0, 0.05) is 20.8 Å². The van der Waals surface area contributed by atoms with Gasteiger partial charge in [-0.3, -0.25) is 0 Å². The van der Waals surface area contributed by atoms with E-state index in [1.54, 1.807) is 0 Å². The fourth-order valence-electron chi connectivity index (χ4n) is 0.975. The number of rotatable bonds is 7. The standard InChI is InChI=1S/C9H11F9O3S/c1-5(10,11)7(3,14)21-22(19,20)4-8(15,16)9(17,18)6(2,12)13/h4H2,1-3H3. The lowest BCUT2D eigenvalue weighted by Crippen LogP contribution is -2.56. The summed E-state index contributed by atoms with van der Waals surface area (Å²) in [6.07, 6.45) is 0. The van der Waals surface area contributed by atoms with Gasteiger partial charge in [-0.1, -0.05) is 0 Å². The average molecular weight is 370 g/mol. The third-order valence-corrected chi connectivity index (χ3v) is 3.72. The SMILES string of the molecule is CC(F)(F)C(C)(F)OS(=O)(=O)CC(F)(F)C(F)(F)C(C)(F)F. The van der Waals surface area contributed by atoms with Crippen molar-refractivity contribution in [2.45, 2.75) is 50.3 Å². The molecular formula is C9H11F9O3S. The molecule has 0 rings (SSSR count). The second-order valence-corrected chi connectivity index (χ2v) is 6.33. The van der Waals surface area contributed by atoms with E-state index in [1.807, 2.05) is 0 Å². The molecule has 0 aliphatic rings. The van der Waals surface area contributed by atoms with Gasteiger partial charge in [-0.05, 0) is 0 Å². The van der Waals surface area contributed by atoms with Crippen LogP contribution < -0.4 is 0 Å². The Morgan fingerprint density at radius 1 is 0.773 bits per heavy atom. The maximum absolute atomic E-state index is 13.3. The first-order valence-corrected chi connectivity index (χ1v) is 6.87. The molecule has 0 radical (unpaired) electrons. The lowest BCUT2D eigenvalue weighted by molar-refractivity contribution is -0.295. The van der Waals surface area contributed by atoms with Crippen molar-refractivity contribution in [3.8, 4) is 0 Å². The van der Waals surface area contributed by atoms with E-state index < -0.39 is 52.3 Å². The summed E-state index contributed by atoms with van der Waals surface area (Å²) in [7, 11) is -6.04. The Morgan fingerprint density at radius 3 is 1.41 bits per heavy atom. The van der Waals surface area contributed by atoms with Crippen LogP contribution in [0.1, 0.15) is 20.8 Å². The highest BCUT2D eigenvalue weighted by molar-refractivity contribution is 7.86. The molecule has 0 N–H and O–H groups in total. The second kappa shape index (κ2) is 5.42. The predicted octanol–water partition coefficient (Wildman–Crippen LogP) is 3.60. The Morgan fingerprint density at radius 2 is 1.14 bits per heavy atom. The fraction of sp³-hybridized carbons (Fsp3) is 1.00. The molecule has 0 aromatic carbocycles. The average Bonchev–Trinajstić information content (AvgIpc) is 2.08. The first-order valence-electron chi connectivity index (χ1n) is 5.30. The highest BCUT2D eigenvalue weighted by Crippen LogP contribution is 2.46. The molecule has 0 bridgehead atoms. The molecule has 134 valence electrons. The van der Waals surface area contributed by atoms with E-state index in [2.05, 4.69) is 4.18 Å². The molecule has 13 heteroatoms. The molecule has 0 aromatic rings. The van der Waals surface area contributed by atoms with Crippen molar-refractivity contribution in [1.29, 1.82) is 0 Å². The lowest BCUT2D eigenvalue weighted by Gasteiger charge is -2.31. The molecule has 0 aliphatic heterocycles. The zero-order chi connectivity index (χ0) is 18.4. The van der Waals surface area contributed by atoms with Gasteiger partial charge in [-0.2, -0.15) is 34.8 Å². The van der Waals surface area contributed by atoms with Gasteiger partial charge in [0.1, 0.15) is 5.75 Å². The van der Waals surface area contributed by atoms with Crippen molar-refractivity contribution in [3.05, 3.63) is 0 Å². The highest BCUT2D eigenvalue weighted by atomic mass is 32.2. The molecule has 0 amide bonds. The summed E-state index contributed by atoms with van der Waals surface area (Å²) in [5.74, 6) is -29.3. The monoisotopic (exact) mass is 370 g/mol. The molecule has 0 spiro atoms. The quantitative estimate of drug-likeness (QED) is 0.508. The van der Waals surface area contributed by atoms with E-state index in [9.17, 15) is 47.9 Å². The number of halogens is 9. The van der Waals surface area contributed by atoms with Gasteiger partial charge in [0.05, 0.1) is 0 Å². The fourth-order valence-corrected chi connectivity index (χ4v) is 2.28. The highest BCUT2D eigenvalue weighted by Gasteiger charge is 2.70. The van der Waals surface area contributed by atoms with Crippen LogP contribution in [0.3, 0.4) is 0 Å². The minimum absolute atomic E-state index is 0.157. The molecule has 0 heterocycles. The van der Waals surface area contributed by atoms with Crippen LogP contribution in [0.4, 0.5) is 39.5 Å². The second-order valence-electron chi connectivity index (χ2n) is 4.76. The van der Waals surface area contributed by atoms with Gasteiger partial charge in [0.25, 0.3) is 16.0 Å². The van der Waals surface area contributed by atoms with E-state index >= 15 is 0 Å². The molecule has 0 saturated heterocycles. The van der Waals surface area contributed by atoms with Gasteiger partial charge < -0.3 is 0 Å². The smallest absolute Gasteiger partial charge is 0.224 e. The topological polar surface area (TPSA) is 43.4 Å². The van der Waals surface area contributed by atoms with Gasteiger partial charge in [0.15, 0.2) is 0 Å². The van der Waals surface area contributed by atoms with Gasteiger partial charge in [0.2, 0.25) is 0 Å². The molecule has 1 atom stereocenters. The summed E-state index contributed by atoms with van der Waals surface area (Å²) < 4.78 is 140. The minimum Gasteiger partial charge on any atom is -0.224 e. The normalized spacial score (nSPS) is 18.2. The van der Waals surface area contributed by atoms with Gasteiger partial charge in [-0.25, -0.2) is 17.4 Å². The molecule has 0 aromatic heterocycles. The van der Waals surface area contributed by atoms with Gasteiger partial charge >= 0.3 is 23.7 Å². The Bertz CT molecular complexity index is 501. The number of alkyl halides is 9. The van der Waals surface area contributed by atoms with Crippen molar-refractivity contribution in [3.63, 3.8) is 0 Å². The number of hydrogen-bond acceptors (Lipinski definition) is 3. The zero-order valence-electron chi connectivity index (χ0n) is 11.2. The Kier molecular flexibility index (Phi) is 5.25. The van der Waals surface area contributed by atoms with Crippen LogP contribution in [0.15, 0.2) is 0 Å². The van der Waals surface area contributed by atoms with Crippen molar-refractivity contribution in [2.24, 2.45) is 0 Å². The van der Waals surface area contributed by atoms with E-state index in [1.165, 1.54) is 0 Å². The summed E-state index contributed by atoms with van der Waals surface area (Å²) in [4.78, 5) is 0. The molecule has 0 fully saturated rings. The molecule has 3 nitrogen and oxygen atoms in total. The van der Waals surface area contributed by atoms with Crippen molar-refractivity contribution < 1.29 is 52.1 Å². The largest absolute Gasteiger partial charge is 0.372 e. The Labute approximate surface area is 119 Å². The third-order valence-electron chi connectivity index (χ3n) is 2.44. The first kappa shape index (κ1) is 21.3. The van der Waals surface area contributed by atoms with Crippen LogP contribution in [0.2, 0.25) is 0 Å². The maximum atomic E-state index is 13.3. The zero-order valence-corrected chi connectivity index (χ0v) is 12.1. The van der Waals surface area contributed by atoms with E-state index in [4.69, 9.17) is 0 Å². The minimum atomic E-state index is -6.14.